The molecular formula is C13H10O3. The minimum absolute atomic E-state index is 0.171. The molecule has 0 aliphatic carbocycles. The van der Waals surface area contributed by atoms with Crippen LogP contribution in [0.5, 0.6) is 0 Å². The van der Waals surface area contributed by atoms with E-state index >= 15 is 0 Å². The molecular weight excluding hydrogens is 204 g/mol. The summed E-state index contributed by atoms with van der Waals surface area (Å²) in [6.07, 6.45) is 1.61. The van der Waals surface area contributed by atoms with E-state index in [0.29, 0.717) is 11.3 Å². The van der Waals surface area contributed by atoms with Gasteiger partial charge < -0.3 is 9.15 Å². The van der Waals surface area contributed by atoms with Crippen molar-refractivity contribution in [3.05, 3.63) is 42.2 Å². The molecule has 1 aliphatic heterocycles. The van der Waals surface area contributed by atoms with E-state index in [-0.39, 0.29) is 12.1 Å². The second-order valence-corrected chi connectivity index (χ2v) is 3.84. The maximum Gasteiger partial charge on any atom is 0.342 e. The Bertz CT molecular complexity index is 559. The van der Waals surface area contributed by atoms with Gasteiger partial charge in [0.05, 0.1) is 0 Å². The summed E-state index contributed by atoms with van der Waals surface area (Å²) in [6, 6.07) is 9.53. The second-order valence-electron chi connectivity index (χ2n) is 3.84. The molecule has 3 nitrogen and oxygen atoms in total. The van der Waals surface area contributed by atoms with Crippen molar-refractivity contribution >= 4 is 22.5 Å². The molecule has 3 heteroatoms. The fraction of sp³-hybridized carbons (Fsp3) is 0.154. The number of carbonyl (C=O) groups excluding carboxylic acids is 1. The van der Waals surface area contributed by atoms with Crippen molar-refractivity contribution in [2.45, 2.75) is 13.0 Å². The first kappa shape index (κ1) is 9.21. The molecule has 0 amide bonds. The predicted octanol–water partition coefficient (Wildman–Crippen LogP) is 2.76. The molecule has 0 spiro atoms. The maximum atomic E-state index is 11.5. The Morgan fingerprint density at radius 1 is 1.25 bits per heavy atom. The molecule has 1 atom stereocenters. The summed E-state index contributed by atoms with van der Waals surface area (Å²) >= 11 is 0. The van der Waals surface area contributed by atoms with Crippen molar-refractivity contribution in [2.24, 2.45) is 0 Å². The Morgan fingerprint density at radius 2 is 2.06 bits per heavy atom. The van der Waals surface area contributed by atoms with E-state index in [0.717, 1.165) is 11.0 Å². The zero-order chi connectivity index (χ0) is 11.1. The SMILES string of the molecule is CC1C=C(c2cc3ccccc3o2)C(=O)O1. The number of rotatable bonds is 1. The Balaban J connectivity index is 2.13. The maximum absolute atomic E-state index is 11.5. The van der Waals surface area contributed by atoms with E-state index in [1.54, 1.807) is 6.08 Å². The van der Waals surface area contributed by atoms with Crippen LogP contribution in [-0.2, 0) is 9.53 Å². The summed E-state index contributed by atoms with van der Waals surface area (Å²) in [5.41, 5.74) is 1.30. The second kappa shape index (κ2) is 3.23. The van der Waals surface area contributed by atoms with Crippen molar-refractivity contribution in [3.8, 4) is 0 Å². The highest BCUT2D eigenvalue weighted by molar-refractivity contribution is 6.18. The van der Waals surface area contributed by atoms with Gasteiger partial charge in [-0.2, -0.15) is 0 Å². The van der Waals surface area contributed by atoms with Crippen molar-refractivity contribution in [1.82, 2.24) is 0 Å². The largest absolute Gasteiger partial charge is 0.456 e. The topological polar surface area (TPSA) is 39.4 Å². The molecule has 2 aromatic rings. The van der Waals surface area contributed by atoms with Crippen LogP contribution in [0.2, 0.25) is 0 Å². The van der Waals surface area contributed by atoms with Gasteiger partial charge >= 0.3 is 5.97 Å². The van der Waals surface area contributed by atoms with E-state index in [1.165, 1.54) is 0 Å². The van der Waals surface area contributed by atoms with Crippen LogP contribution >= 0.6 is 0 Å². The van der Waals surface area contributed by atoms with Gasteiger partial charge in [0, 0.05) is 5.39 Å². The smallest absolute Gasteiger partial charge is 0.342 e. The molecule has 0 N–H and O–H groups in total. The molecule has 2 heterocycles. The number of benzene rings is 1. The van der Waals surface area contributed by atoms with Crippen LogP contribution in [0.25, 0.3) is 16.5 Å². The first-order chi connectivity index (χ1) is 7.74. The average molecular weight is 214 g/mol. The normalized spacial score (nSPS) is 19.9. The number of hydrogen-bond donors (Lipinski definition) is 0. The third-order valence-electron chi connectivity index (χ3n) is 2.61. The number of ether oxygens (including phenoxy) is 1. The molecule has 1 unspecified atom stereocenters. The van der Waals surface area contributed by atoms with Gasteiger partial charge in [-0.25, -0.2) is 4.79 Å². The van der Waals surface area contributed by atoms with Crippen molar-refractivity contribution in [2.75, 3.05) is 0 Å². The summed E-state index contributed by atoms with van der Waals surface area (Å²) in [5.74, 6) is 0.266. The lowest BCUT2D eigenvalue weighted by molar-refractivity contribution is -0.137. The Hall–Kier alpha value is -2.03. The van der Waals surface area contributed by atoms with E-state index in [9.17, 15) is 4.79 Å². The van der Waals surface area contributed by atoms with Crippen molar-refractivity contribution in [1.29, 1.82) is 0 Å². The number of hydrogen-bond acceptors (Lipinski definition) is 3. The van der Waals surface area contributed by atoms with Gasteiger partial charge in [0.25, 0.3) is 0 Å². The molecule has 0 radical (unpaired) electrons. The van der Waals surface area contributed by atoms with E-state index < -0.39 is 0 Å². The Labute approximate surface area is 92.3 Å². The first-order valence-corrected chi connectivity index (χ1v) is 5.16. The zero-order valence-corrected chi connectivity index (χ0v) is 8.77. The third kappa shape index (κ3) is 1.33. The summed E-state index contributed by atoms with van der Waals surface area (Å²) in [4.78, 5) is 11.5. The van der Waals surface area contributed by atoms with Gasteiger partial charge in [-0.3, -0.25) is 0 Å². The summed E-state index contributed by atoms with van der Waals surface area (Å²) < 4.78 is 10.6. The van der Waals surface area contributed by atoms with Gasteiger partial charge in [-0.1, -0.05) is 18.2 Å². The quantitative estimate of drug-likeness (QED) is 0.685. The van der Waals surface area contributed by atoms with Crippen molar-refractivity contribution in [3.63, 3.8) is 0 Å². The first-order valence-electron chi connectivity index (χ1n) is 5.16. The number of carbonyl (C=O) groups is 1. The molecule has 16 heavy (non-hydrogen) atoms. The van der Waals surface area contributed by atoms with E-state index in [4.69, 9.17) is 9.15 Å². The van der Waals surface area contributed by atoms with Gasteiger partial charge in [0.15, 0.2) is 0 Å². The van der Waals surface area contributed by atoms with Crippen LogP contribution in [0.4, 0.5) is 0 Å². The highest BCUT2D eigenvalue weighted by Crippen LogP contribution is 2.28. The number of fused-ring (bicyclic) bond motifs is 1. The lowest BCUT2D eigenvalue weighted by atomic mass is 10.2. The summed E-state index contributed by atoms with van der Waals surface area (Å²) in [5, 5.41) is 0.991. The number of furan rings is 1. The Kier molecular flexibility index (Phi) is 1.86. The fourth-order valence-electron chi connectivity index (χ4n) is 1.87. The lowest BCUT2D eigenvalue weighted by Gasteiger charge is -1.97. The lowest BCUT2D eigenvalue weighted by Crippen LogP contribution is -2.02. The van der Waals surface area contributed by atoms with Crippen LogP contribution in [0.3, 0.4) is 0 Å². The van der Waals surface area contributed by atoms with Crippen LogP contribution in [-0.4, -0.2) is 12.1 Å². The van der Waals surface area contributed by atoms with Crippen LogP contribution < -0.4 is 0 Å². The monoisotopic (exact) mass is 214 g/mol. The third-order valence-corrected chi connectivity index (χ3v) is 2.61. The van der Waals surface area contributed by atoms with Crippen molar-refractivity contribution < 1.29 is 13.9 Å². The summed E-state index contributed by atoms with van der Waals surface area (Å²) in [6.45, 7) is 1.83. The molecule has 80 valence electrons. The molecule has 0 fully saturated rings. The fourth-order valence-corrected chi connectivity index (χ4v) is 1.87. The average Bonchev–Trinajstić information content (AvgIpc) is 2.81. The standard InChI is InChI=1S/C13H10O3/c1-8-6-10(13(14)15-8)12-7-9-4-2-3-5-11(9)16-12/h2-8H,1H3. The molecule has 3 rings (SSSR count). The number of cyclic esters (lactones) is 1. The van der Waals surface area contributed by atoms with Crippen LogP contribution in [0.15, 0.2) is 40.8 Å². The number of esters is 1. The van der Waals surface area contributed by atoms with E-state index in [2.05, 4.69) is 0 Å². The van der Waals surface area contributed by atoms with Gasteiger partial charge in [0.1, 0.15) is 23.0 Å². The molecule has 0 bridgehead atoms. The highest BCUT2D eigenvalue weighted by atomic mass is 16.5. The Morgan fingerprint density at radius 3 is 2.75 bits per heavy atom. The highest BCUT2D eigenvalue weighted by Gasteiger charge is 2.26. The molecule has 0 saturated carbocycles. The zero-order valence-electron chi connectivity index (χ0n) is 8.77. The van der Waals surface area contributed by atoms with Gasteiger partial charge in [-0.15, -0.1) is 0 Å². The van der Waals surface area contributed by atoms with Gasteiger partial charge in [-0.05, 0) is 25.1 Å². The predicted molar refractivity (Wildman–Crippen MR) is 59.7 cm³/mol. The molecule has 1 aromatic heterocycles. The molecule has 0 saturated heterocycles. The summed E-state index contributed by atoms with van der Waals surface area (Å²) in [7, 11) is 0. The molecule has 1 aliphatic rings. The number of para-hydroxylation sites is 1. The minimum Gasteiger partial charge on any atom is -0.456 e. The van der Waals surface area contributed by atoms with E-state index in [1.807, 2.05) is 37.3 Å². The van der Waals surface area contributed by atoms with Crippen LogP contribution in [0.1, 0.15) is 12.7 Å². The minimum atomic E-state index is -0.313. The van der Waals surface area contributed by atoms with Crippen LogP contribution in [0, 0.1) is 0 Å². The van der Waals surface area contributed by atoms with Gasteiger partial charge in [0.2, 0.25) is 0 Å². The molecule has 1 aromatic carbocycles.